The van der Waals surface area contributed by atoms with Crippen molar-refractivity contribution in [2.45, 2.75) is 12.5 Å². The van der Waals surface area contributed by atoms with Crippen LogP contribution in [0.1, 0.15) is 23.6 Å². The highest BCUT2D eigenvalue weighted by Crippen LogP contribution is 2.27. The van der Waals surface area contributed by atoms with E-state index in [2.05, 4.69) is 15.5 Å². The van der Waals surface area contributed by atoms with E-state index in [-0.39, 0.29) is 17.4 Å². The summed E-state index contributed by atoms with van der Waals surface area (Å²) in [4.78, 5) is 25.5. The molecule has 1 aromatic heterocycles. The van der Waals surface area contributed by atoms with Crippen molar-refractivity contribution < 1.29 is 10.2 Å². The normalized spacial score (nSPS) is 17.1. The Hall–Kier alpha value is -3.03. The van der Waals surface area contributed by atoms with Gasteiger partial charge in [-0.05, 0) is 17.7 Å². The summed E-state index contributed by atoms with van der Waals surface area (Å²) in [5.74, 6) is -0.290. The maximum atomic E-state index is 11.9. The fourth-order valence-electron chi connectivity index (χ4n) is 2.40. The number of hydrogen-bond donors (Lipinski definition) is 4. The second-order valence-electron chi connectivity index (χ2n) is 5.06. The molecule has 1 aromatic carbocycles. The van der Waals surface area contributed by atoms with Gasteiger partial charge >= 0.3 is 5.69 Å². The van der Waals surface area contributed by atoms with Gasteiger partial charge in [-0.25, -0.2) is 4.79 Å². The van der Waals surface area contributed by atoms with Crippen molar-refractivity contribution in [3.8, 4) is 11.6 Å². The first kappa shape index (κ1) is 13.9. The first-order chi connectivity index (χ1) is 10.5. The summed E-state index contributed by atoms with van der Waals surface area (Å²) >= 11 is 0. The second kappa shape index (κ2) is 5.06. The minimum Gasteiger partial charge on any atom is -0.508 e. The molecule has 2 heterocycles. The standard InChI is InChI=1S/C14H14N4O4/c1-18-13(21)11(12(20)15-14(18)22)10-6-9(16-17-10)7-3-2-4-8(19)5-7/h2-5,9,16,19,21H,6H2,1H3,(H,15,20,22)/t9-/m0/s1. The number of aromatic hydroxyl groups is 2. The average Bonchev–Trinajstić information content (AvgIpc) is 2.94. The quantitative estimate of drug-likeness (QED) is 0.618. The lowest BCUT2D eigenvalue weighted by Gasteiger charge is -2.10. The maximum Gasteiger partial charge on any atom is 0.330 e. The minimum atomic E-state index is -0.692. The summed E-state index contributed by atoms with van der Waals surface area (Å²) in [6.07, 6.45) is 0.346. The van der Waals surface area contributed by atoms with Gasteiger partial charge in [0.2, 0.25) is 5.88 Å². The molecule has 0 spiro atoms. The first-order valence-electron chi connectivity index (χ1n) is 6.61. The van der Waals surface area contributed by atoms with Gasteiger partial charge in [-0.3, -0.25) is 14.3 Å². The van der Waals surface area contributed by atoms with Gasteiger partial charge in [0.05, 0.1) is 11.8 Å². The van der Waals surface area contributed by atoms with Gasteiger partial charge in [0.15, 0.2) is 0 Å². The molecule has 0 saturated heterocycles. The molecule has 0 saturated carbocycles. The van der Waals surface area contributed by atoms with Gasteiger partial charge in [0.1, 0.15) is 11.3 Å². The third-order valence-electron chi connectivity index (χ3n) is 3.61. The zero-order valence-corrected chi connectivity index (χ0v) is 11.7. The van der Waals surface area contributed by atoms with E-state index >= 15 is 0 Å². The van der Waals surface area contributed by atoms with E-state index in [0.29, 0.717) is 12.1 Å². The fraction of sp³-hybridized carbons (Fsp3) is 0.214. The van der Waals surface area contributed by atoms with Crippen molar-refractivity contribution in [1.29, 1.82) is 0 Å². The molecule has 22 heavy (non-hydrogen) atoms. The number of phenolic OH excluding ortho intramolecular Hbond substituents is 1. The molecule has 1 aliphatic rings. The Morgan fingerprint density at radius 3 is 2.82 bits per heavy atom. The van der Waals surface area contributed by atoms with Crippen LogP contribution in [0.2, 0.25) is 0 Å². The lowest BCUT2D eigenvalue weighted by molar-refractivity contribution is 0.416. The summed E-state index contributed by atoms with van der Waals surface area (Å²) < 4.78 is 0.945. The Kier molecular flexibility index (Phi) is 3.21. The topological polar surface area (TPSA) is 120 Å². The Morgan fingerprint density at radius 1 is 1.32 bits per heavy atom. The SMILES string of the molecule is Cn1c(O)c(C2=NN[C@H](c3cccc(O)c3)C2)c(=O)[nH]c1=O. The second-order valence-corrected chi connectivity index (χ2v) is 5.06. The largest absolute Gasteiger partial charge is 0.508 e. The molecule has 8 heteroatoms. The Labute approximate surface area is 124 Å². The van der Waals surface area contributed by atoms with E-state index in [1.165, 1.54) is 7.05 Å². The summed E-state index contributed by atoms with van der Waals surface area (Å²) in [5, 5.41) is 23.6. The number of phenols is 1. The molecule has 8 nitrogen and oxygen atoms in total. The van der Waals surface area contributed by atoms with Crippen molar-refractivity contribution >= 4 is 5.71 Å². The van der Waals surface area contributed by atoms with Crippen molar-refractivity contribution in [1.82, 2.24) is 15.0 Å². The van der Waals surface area contributed by atoms with E-state index in [9.17, 15) is 19.8 Å². The molecule has 4 N–H and O–H groups in total. The van der Waals surface area contributed by atoms with E-state index in [1.807, 2.05) is 6.07 Å². The van der Waals surface area contributed by atoms with Crippen LogP contribution >= 0.6 is 0 Å². The molecule has 0 radical (unpaired) electrons. The Bertz CT molecular complexity index is 881. The summed E-state index contributed by atoms with van der Waals surface area (Å²) in [6, 6.07) is 6.46. The maximum absolute atomic E-state index is 11.9. The molecule has 3 rings (SSSR count). The Morgan fingerprint density at radius 2 is 2.09 bits per heavy atom. The number of benzene rings is 1. The number of rotatable bonds is 2. The molecule has 1 atom stereocenters. The molecule has 114 valence electrons. The molecule has 0 amide bonds. The summed E-state index contributed by atoms with van der Waals surface area (Å²) in [6.45, 7) is 0. The third kappa shape index (κ3) is 2.24. The highest BCUT2D eigenvalue weighted by molar-refractivity contribution is 6.03. The van der Waals surface area contributed by atoms with Crippen LogP contribution in [0, 0.1) is 0 Å². The van der Waals surface area contributed by atoms with Crippen LogP contribution in [0.3, 0.4) is 0 Å². The zero-order valence-electron chi connectivity index (χ0n) is 11.7. The van der Waals surface area contributed by atoms with Gasteiger partial charge in [-0.2, -0.15) is 5.10 Å². The van der Waals surface area contributed by atoms with E-state index in [4.69, 9.17) is 0 Å². The van der Waals surface area contributed by atoms with Crippen LogP contribution in [-0.4, -0.2) is 25.5 Å². The number of H-pyrrole nitrogens is 1. The predicted molar refractivity (Wildman–Crippen MR) is 79.1 cm³/mol. The molecular weight excluding hydrogens is 288 g/mol. The molecule has 0 fully saturated rings. The van der Waals surface area contributed by atoms with E-state index in [1.54, 1.807) is 18.2 Å². The lowest BCUT2D eigenvalue weighted by atomic mass is 10.00. The van der Waals surface area contributed by atoms with Crippen LogP contribution < -0.4 is 16.7 Å². The molecule has 0 bridgehead atoms. The number of nitrogens with one attached hydrogen (secondary N) is 2. The first-order valence-corrected chi connectivity index (χ1v) is 6.61. The van der Waals surface area contributed by atoms with E-state index in [0.717, 1.165) is 10.1 Å². The number of aromatic nitrogens is 2. The number of nitrogens with zero attached hydrogens (tertiary/aromatic N) is 2. The molecular formula is C14H14N4O4. The fourth-order valence-corrected chi connectivity index (χ4v) is 2.40. The highest BCUT2D eigenvalue weighted by Gasteiger charge is 2.26. The third-order valence-corrected chi connectivity index (χ3v) is 3.61. The van der Waals surface area contributed by atoms with Crippen molar-refractivity contribution in [2.24, 2.45) is 12.1 Å². The van der Waals surface area contributed by atoms with Gasteiger partial charge < -0.3 is 15.6 Å². The van der Waals surface area contributed by atoms with Crippen LogP contribution in [0.25, 0.3) is 0 Å². The van der Waals surface area contributed by atoms with Gasteiger partial charge in [0.25, 0.3) is 5.56 Å². The number of aromatic amines is 1. The summed E-state index contributed by atoms with van der Waals surface area (Å²) in [5.41, 5.74) is 2.61. The van der Waals surface area contributed by atoms with Crippen molar-refractivity contribution in [2.75, 3.05) is 0 Å². The monoisotopic (exact) mass is 302 g/mol. The summed E-state index contributed by atoms with van der Waals surface area (Å²) in [7, 11) is 1.35. The van der Waals surface area contributed by atoms with Crippen molar-refractivity contribution in [3.63, 3.8) is 0 Å². The lowest BCUT2D eigenvalue weighted by Crippen LogP contribution is -2.32. The molecule has 2 aromatic rings. The van der Waals surface area contributed by atoms with Crippen LogP contribution in [0.15, 0.2) is 39.0 Å². The van der Waals surface area contributed by atoms with Gasteiger partial charge in [0, 0.05) is 13.5 Å². The minimum absolute atomic E-state index is 0.0303. The Balaban J connectivity index is 1.95. The van der Waals surface area contributed by atoms with Crippen LogP contribution in [-0.2, 0) is 7.05 Å². The van der Waals surface area contributed by atoms with Gasteiger partial charge in [-0.15, -0.1) is 0 Å². The highest BCUT2D eigenvalue weighted by atomic mass is 16.3. The predicted octanol–water partition coefficient (Wildman–Crippen LogP) is -0.0765. The van der Waals surface area contributed by atoms with Crippen molar-refractivity contribution in [3.05, 3.63) is 56.2 Å². The molecule has 1 aliphatic heterocycles. The molecule has 0 aliphatic carbocycles. The van der Waals surface area contributed by atoms with Crippen LogP contribution in [0.5, 0.6) is 11.6 Å². The number of hydrazone groups is 1. The van der Waals surface area contributed by atoms with Crippen LogP contribution in [0.4, 0.5) is 0 Å². The smallest absolute Gasteiger partial charge is 0.330 e. The van der Waals surface area contributed by atoms with Gasteiger partial charge in [-0.1, -0.05) is 12.1 Å². The average molecular weight is 302 g/mol. The number of hydrogen-bond acceptors (Lipinski definition) is 6. The zero-order chi connectivity index (χ0) is 15.9. The molecule has 0 unspecified atom stereocenters. The van der Waals surface area contributed by atoms with E-state index < -0.39 is 17.1 Å².